The number of aromatic nitrogens is 1. The van der Waals surface area contributed by atoms with Gasteiger partial charge in [0.25, 0.3) is 5.91 Å². The van der Waals surface area contributed by atoms with Gasteiger partial charge in [-0.15, -0.1) is 0 Å². The Morgan fingerprint density at radius 3 is 2.68 bits per heavy atom. The highest BCUT2D eigenvalue weighted by molar-refractivity contribution is 6.33. The average Bonchev–Trinajstić information content (AvgIpc) is 2.42. The van der Waals surface area contributed by atoms with Gasteiger partial charge in [-0.3, -0.25) is 9.78 Å². The van der Waals surface area contributed by atoms with Crippen LogP contribution in [0.3, 0.4) is 0 Å². The summed E-state index contributed by atoms with van der Waals surface area (Å²) in [7, 11) is 1.68. The predicted octanol–water partition coefficient (Wildman–Crippen LogP) is 2.71. The van der Waals surface area contributed by atoms with Gasteiger partial charge in [0.05, 0.1) is 10.6 Å². The van der Waals surface area contributed by atoms with Crippen molar-refractivity contribution in [3.05, 3.63) is 58.9 Å². The van der Waals surface area contributed by atoms with Gasteiger partial charge < -0.3 is 10.0 Å². The van der Waals surface area contributed by atoms with Crippen LogP contribution in [0.25, 0.3) is 0 Å². The van der Waals surface area contributed by atoms with E-state index < -0.39 is 0 Å². The van der Waals surface area contributed by atoms with Crippen LogP contribution in [-0.2, 0) is 6.54 Å². The maximum Gasteiger partial charge on any atom is 0.255 e. The smallest absolute Gasteiger partial charge is 0.255 e. The molecular formula is C14H13ClN2O2. The van der Waals surface area contributed by atoms with Gasteiger partial charge in [0.1, 0.15) is 5.75 Å². The van der Waals surface area contributed by atoms with Gasteiger partial charge in [-0.25, -0.2) is 0 Å². The van der Waals surface area contributed by atoms with Crippen LogP contribution in [0.4, 0.5) is 0 Å². The van der Waals surface area contributed by atoms with Crippen molar-refractivity contribution in [1.29, 1.82) is 0 Å². The minimum Gasteiger partial charge on any atom is -0.508 e. The van der Waals surface area contributed by atoms with Crippen molar-refractivity contribution >= 4 is 17.5 Å². The van der Waals surface area contributed by atoms with E-state index >= 15 is 0 Å². The fraction of sp³-hybridized carbons (Fsp3) is 0.143. The molecule has 0 atom stereocenters. The van der Waals surface area contributed by atoms with Crippen molar-refractivity contribution in [3.8, 4) is 5.75 Å². The van der Waals surface area contributed by atoms with Gasteiger partial charge in [0.15, 0.2) is 0 Å². The maximum atomic E-state index is 12.2. The molecule has 0 saturated heterocycles. The SMILES string of the molecule is CN(Cc1ccncc1)C(=O)c1cc(O)ccc1Cl. The zero-order valence-electron chi connectivity index (χ0n) is 10.4. The van der Waals surface area contributed by atoms with Crippen LogP contribution in [0.5, 0.6) is 5.75 Å². The molecule has 0 radical (unpaired) electrons. The molecule has 2 rings (SSSR count). The number of nitrogens with zero attached hydrogens (tertiary/aromatic N) is 2. The molecule has 1 amide bonds. The normalized spacial score (nSPS) is 10.2. The van der Waals surface area contributed by atoms with Crippen molar-refractivity contribution < 1.29 is 9.90 Å². The first kappa shape index (κ1) is 13.4. The molecule has 0 aliphatic carbocycles. The number of carbonyl (C=O) groups is 1. The van der Waals surface area contributed by atoms with Gasteiger partial charge in [-0.2, -0.15) is 0 Å². The molecule has 1 N–H and O–H groups in total. The molecule has 4 nitrogen and oxygen atoms in total. The van der Waals surface area contributed by atoms with E-state index in [-0.39, 0.29) is 11.7 Å². The second kappa shape index (κ2) is 5.71. The van der Waals surface area contributed by atoms with Gasteiger partial charge >= 0.3 is 0 Å². The van der Waals surface area contributed by atoms with Crippen molar-refractivity contribution in [2.75, 3.05) is 7.05 Å². The number of phenolic OH excluding ortho intramolecular Hbond substituents is 1. The summed E-state index contributed by atoms with van der Waals surface area (Å²) >= 11 is 5.97. The molecular weight excluding hydrogens is 264 g/mol. The number of pyridine rings is 1. The molecule has 0 fully saturated rings. The van der Waals surface area contributed by atoms with Crippen molar-refractivity contribution in [2.24, 2.45) is 0 Å². The molecule has 0 spiro atoms. The Labute approximate surface area is 116 Å². The minimum atomic E-state index is -0.238. The summed E-state index contributed by atoms with van der Waals surface area (Å²) in [5, 5.41) is 9.74. The number of hydrogen-bond acceptors (Lipinski definition) is 3. The standard InChI is InChI=1S/C14H13ClN2O2/c1-17(9-10-4-6-16-7-5-10)14(19)12-8-11(18)2-3-13(12)15/h2-8,18H,9H2,1H3. The summed E-state index contributed by atoms with van der Waals surface area (Å²) in [5.74, 6) is -0.220. The molecule has 0 aliphatic heterocycles. The third kappa shape index (κ3) is 3.23. The summed E-state index contributed by atoms with van der Waals surface area (Å²) in [6, 6.07) is 8.00. The van der Waals surface area contributed by atoms with Crippen LogP contribution in [-0.4, -0.2) is 27.9 Å². The number of carbonyl (C=O) groups excluding carboxylic acids is 1. The highest BCUT2D eigenvalue weighted by Gasteiger charge is 2.16. The Hall–Kier alpha value is -2.07. The maximum absolute atomic E-state index is 12.2. The lowest BCUT2D eigenvalue weighted by molar-refractivity contribution is 0.0785. The summed E-state index contributed by atoms with van der Waals surface area (Å²) < 4.78 is 0. The monoisotopic (exact) mass is 276 g/mol. The molecule has 1 aromatic carbocycles. The molecule has 5 heteroatoms. The van der Waals surface area contributed by atoms with E-state index in [9.17, 15) is 9.90 Å². The Morgan fingerprint density at radius 1 is 1.32 bits per heavy atom. The Morgan fingerprint density at radius 2 is 2.00 bits per heavy atom. The Kier molecular flexibility index (Phi) is 4.02. The van der Waals surface area contributed by atoms with E-state index in [1.54, 1.807) is 19.4 Å². The van der Waals surface area contributed by atoms with Crippen LogP contribution in [0.1, 0.15) is 15.9 Å². The molecule has 0 bridgehead atoms. The zero-order valence-corrected chi connectivity index (χ0v) is 11.1. The van der Waals surface area contributed by atoms with E-state index in [4.69, 9.17) is 11.6 Å². The zero-order chi connectivity index (χ0) is 13.8. The number of hydrogen-bond donors (Lipinski definition) is 1. The molecule has 0 unspecified atom stereocenters. The van der Waals surface area contributed by atoms with E-state index in [0.717, 1.165) is 5.56 Å². The largest absolute Gasteiger partial charge is 0.508 e. The number of aromatic hydroxyl groups is 1. The number of phenols is 1. The molecule has 0 aliphatic rings. The fourth-order valence-electron chi connectivity index (χ4n) is 1.72. The molecule has 1 aromatic heterocycles. The molecule has 1 heterocycles. The van der Waals surface area contributed by atoms with Crippen molar-refractivity contribution in [2.45, 2.75) is 6.54 Å². The predicted molar refractivity (Wildman–Crippen MR) is 73.2 cm³/mol. The van der Waals surface area contributed by atoms with Crippen LogP contribution in [0.2, 0.25) is 5.02 Å². The van der Waals surface area contributed by atoms with Gasteiger partial charge in [0, 0.05) is 26.0 Å². The lowest BCUT2D eigenvalue weighted by Gasteiger charge is -2.18. The molecule has 19 heavy (non-hydrogen) atoms. The number of amides is 1. The van der Waals surface area contributed by atoms with Crippen LogP contribution in [0.15, 0.2) is 42.7 Å². The van der Waals surface area contributed by atoms with E-state index in [0.29, 0.717) is 17.1 Å². The van der Waals surface area contributed by atoms with Crippen LogP contribution in [0, 0.1) is 0 Å². The molecule has 2 aromatic rings. The minimum absolute atomic E-state index is 0.0186. The Balaban J connectivity index is 2.17. The second-order valence-electron chi connectivity index (χ2n) is 4.18. The summed E-state index contributed by atoms with van der Waals surface area (Å²) in [4.78, 5) is 17.7. The third-order valence-corrected chi connectivity index (χ3v) is 3.03. The van der Waals surface area contributed by atoms with E-state index in [1.807, 2.05) is 12.1 Å². The lowest BCUT2D eigenvalue weighted by atomic mass is 10.1. The molecule has 0 saturated carbocycles. The molecule has 98 valence electrons. The number of rotatable bonds is 3. The first-order valence-corrected chi connectivity index (χ1v) is 6.08. The first-order valence-electron chi connectivity index (χ1n) is 5.71. The topological polar surface area (TPSA) is 53.4 Å². The van der Waals surface area contributed by atoms with E-state index in [1.165, 1.54) is 23.1 Å². The fourth-order valence-corrected chi connectivity index (χ4v) is 1.92. The first-order chi connectivity index (χ1) is 9.08. The second-order valence-corrected chi connectivity index (χ2v) is 4.59. The van der Waals surface area contributed by atoms with E-state index in [2.05, 4.69) is 4.98 Å². The van der Waals surface area contributed by atoms with Crippen LogP contribution >= 0.6 is 11.6 Å². The third-order valence-electron chi connectivity index (χ3n) is 2.70. The summed E-state index contributed by atoms with van der Waals surface area (Å²) in [6.07, 6.45) is 3.35. The highest BCUT2D eigenvalue weighted by atomic mass is 35.5. The Bertz CT molecular complexity index is 587. The van der Waals surface area contributed by atoms with Crippen molar-refractivity contribution in [3.63, 3.8) is 0 Å². The quantitative estimate of drug-likeness (QED) is 0.938. The number of benzene rings is 1. The van der Waals surface area contributed by atoms with Gasteiger partial charge in [-0.1, -0.05) is 11.6 Å². The van der Waals surface area contributed by atoms with Gasteiger partial charge in [-0.05, 0) is 35.9 Å². The lowest BCUT2D eigenvalue weighted by Crippen LogP contribution is -2.26. The summed E-state index contributed by atoms with van der Waals surface area (Å²) in [5.41, 5.74) is 1.26. The average molecular weight is 277 g/mol. The highest BCUT2D eigenvalue weighted by Crippen LogP contribution is 2.22. The number of halogens is 1. The summed E-state index contributed by atoms with van der Waals surface area (Å²) in [6.45, 7) is 0.452. The van der Waals surface area contributed by atoms with Gasteiger partial charge in [0.2, 0.25) is 0 Å². The van der Waals surface area contributed by atoms with Crippen LogP contribution < -0.4 is 0 Å². The van der Waals surface area contributed by atoms with Crippen molar-refractivity contribution in [1.82, 2.24) is 9.88 Å².